The number of nitrogen functional groups attached to an aromatic ring is 1. The van der Waals surface area contributed by atoms with Crippen LogP contribution in [0.3, 0.4) is 0 Å². The molecule has 0 radical (unpaired) electrons. The number of nitrogens with two attached hydrogens (primary N) is 1. The predicted octanol–water partition coefficient (Wildman–Crippen LogP) is 3.04. The van der Waals surface area contributed by atoms with Gasteiger partial charge in [0.15, 0.2) is 5.82 Å². The van der Waals surface area contributed by atoms with Gasteiger partial charge in [0, 0.05) is 5.92 Å². The molecule has 1 saturated carbocycles. The molecular weight excluding hydrogens is 346 g/mol. The molecule has 0 aliphatic heterocycles. The molecule has 0 spiro atoms. The van der Waals surface area contributed by atoms with Crippen LogP contribution in [0.1, 0.15) is 62.5 Å². The quantitative estimate of drug-likeness (QED) is 0.549. The molecule has 7 heteroatoms. The first kappa shape index (κ1) is 18.8. The van der Waals surface area contributed by atoms with Gasteiger partial charge in [0.1, 0.15) is 0 Å². The van der Waals surface area contributed by atoms with Crippen molar-refractivity contribution in [2.45, 2.75) is 57.1 Å². The summed E-state index contributed by atoms with van der Waals surface area (Å²) in [5, 5.41) is 11.8. The fraction of sp³-hybridized carbons (Fsp3) is 0.526. The van der Waals surface area contributed by atoms with Crippen molar-refractivity contribution in [1.29, 1.82) is 0 Å². The maximum atomic E-state index is 12.2. The van der Waals surface area contributed by atoms with Gasteiger partial charge in [-0.1, -0.05) is 49.9 Å². The van der Waals surface area contributed by atoms with Crippen molar-refractivity contribution in [2.24, 2.45) is 5.92 Å². The molecule has 6 nitrogen and oxygen atoms in total. The van der Waals surface area contributed by atoms with Gasteiger partial charge in [-0.2, -0.15) is 0 Å². The largest absolute Gasteiger partial charge is 0.349 e. The second kappa shape index (κ2) is 8.12. The Labute approximate surface area is 158 Å². The highest BCUT2D eigenvalue weighted by Gasteiger charge is 2.30. The number of thioether (sulfide) groups is 1. The zero-order valence-corrected chi connectivity index (χ0v) is 16.4. The number of hydrogen-bond acceptors (Lipinski definition) is 5. The number of nitrogens with one attached hydrogen (secondary N) is 1. The van der Waals surface area contributed by atoms with E-state index in [2.05, 4.69) is 53.6 Å². The van der Waals surface area contributed by atoms with E-state index in [-0.39, 0.29) is 17.7 Å². The van der Waals surface area contributed by atoms with Crippen LogP contribution in [-0.2, 0) is 11.2 Å². The Morgan fingerprint density at radius 1 is 1.27 bits per heavy atom. The molecule has 1 aromatic carbocycles. The topological polar surface area (TPSA) is 85.8 Å². The number of benzene rings is 1. The molecular formula is C19H27N5OS. The number of aromatic nitrogens is 3. The van der Waals surface area contributed by atoms with Crippen molar-refractivity contribution in [1.82, 2.24) is 20.2 Å². The number of nitrogens with zero attached hydrogens (tertiary/aromatic N) is 3. The van der Waals surface area contributed by atoms with Crippen molar-refractivity contribution >= 4 is 17.7 Å². The van der Waals surface area contributed by atoms with Crippen LogP contribution in [0.25, 0.3) is 0 Å². The SMILES string of the molecule is CC(C)Cc1ccc([C@@H](C)NC(=O)CSc2nnc(C3CC3)n2N)cc1. The van der Waals surface area contributed by atoms with E-state index in [0.29, 0.717) is 17.0 Å². The molecule has 1 aliphatic rings. The molecule has 26 heavy (non-hydrogen) atoms. The molecule has 0 unspecified atom stereocenters. The molecule has 1 aromatic heterocycles. The summed E-state index contributed by atoms with van der Waals surface area (Å²) in [7, 11) is 0. The average Bonchev–Trinajstić information content (AvgIpc) is 3.36. The summed E-state index contributed by atoms with van der Waals surface area (Å²) in [6.45, 7) is 6.42. The molecule has 2 aromatic rings. The summed E-state index contributed by atoms with van der Waals surface area (Å²) >= 11 is 1.32. The van der Waals surface area contributed by atoms with Crippen LogP contribution in [0.2, 0.25) is 0 Å². The van der Waals surface area contributed by atoms with Crippen molar-refractivity contribution in [2.75, 3.05) is 11.6 Å². The van der Waals surface area contributed by atoms with Crippen molar-refractivity contribution in [3.63, 3.8) is 0 Å². The Hall–Kier alpha value is -2.02. The zero-order chi connectivity index (χ0) is 18.7. The Morgan fingerprint density at radius 3 is 2.58 bits per heavy atom. The molecule has 1 aliphatic carbocycles. The molecule has 1 fully saturated rings. The number of carbonyl (C=O) groups excluding carboxylic acids is 1. The third kappa shape index (κ3) is 4.78. The van der Waals surface area contributed by atoms with Gasteiger partial charge in [-0.3, -0.25) is 4.79 Å². The normalized spacial score (nSPS) is 15.2. The third-order valence-corrected chi connectivity index (χ3v) is 5.41. The Balaban J connectivity index is 1.49. The van der Waals surface area contributed by atoms with Crippen LogP contribution in [0.5, 0.6) is 0 Å². The van der Waals surface area contributed by atoms with E-state index in [4.69, 9.17) is 5.84 Å². The Bertz CT molecular complexity index is 752. The fourth-order valence-electron chi connectivity index (χ4n) is 2.92. The lowest BCUT2D eigenvalue weighted by Gasteiger charge is -2.15. The van der Waals surface area contributed by atoms with Gasteiger partial charge in [0.2, 0.25) is 11.1 Å². The monoisotopic (exact) mass is 373 g/mol. The Morgan fingerprint density at radius 2 is 1.96 bits per heavy atom. The first-order chi connectivity index (χ1) is 12.4. The second-order valence-electron chi connectivity index (χ2n) is 7.40. The van der Waals surface area contributed by atoms with Gasteiger partial charge in [-0.25, -0.2) is 4.68 Å². The van der Waals surface area contributed by atoms with E-state index in [1.807, 2.05) is 6.92 Å². The zero-order valence-electron chi connectivity index (χ0n) is 15.6. The third-order valence-electron chi connectivity index (χ3n) is 4.47. The molecule has 0 bridgehead atoms. The molecule has 3 rings (SSSR count). The number of hydrogen-bond donors (Lipinski definition) is 2. The maximum absolute atomic E-state index is 12.2. The first-order valence-corrected chi connectivity index (χ1v) is 10.1. The van der Waals surface area contributed by atoms with Crippen molar-refractivity contribution < 1.29 is 4.79 Å². The highest BCUT2D eigenvalue weighted by Crippen LogP contribution is 2.39. The fourth-order valence-corrected chi connectivity index (χ4v) is 3.59. The van der Waals surface area contributed by atoms with Gasteiger partial charge in [-0.05, 0) is 43.2 Å². The van der Waals surface area contributed by atoms with Gasteiger partial charge in [-0.15, -0.1) is 10.2 Å². The maximum Gasteiger partial charge on any atom is 0.230 e. The summed E-state index contributed by atoms with van der Waals surface area (Å²) in [5.74, 6) is 8.15. The van der Waals surface area contributed by atoms with Crippen molar-refractivity contribution in [3.8, 4) is 0 Å². The minimum absolute atomic E-state index is 0.0334. The van der Waals surface area contributed by atoms with Gasteiger partial charge >= 0.3 is 0 Å². The van der Waals surface area contributed by atoms with Gasteiger partial charge in [0.05, 0.1) is 11.8 Å². The summed E-state index contributed by atoms with van der Waals surface area (Å²) in [5.41, 5.74) is 2.43. The summed E-state index contributed by atoms with van der Waals surface area (Å²) in [6.07, 6.45) is 3.31. The number of carbonyl (C=O) groups is 1. The van der Waals surface area contributed by atoms with Crippen LogP contribution >= 0.6 is 11.8 Å². The van der Waals surface area contributed by atoms with Gasteiger partial charge in [0.25, 0.3) is 0 Å². The van der Waals surface area contributed by atoms with E-state index in [1.165, 1.54) is 22.0 Å². The van der Waals surface area contributed by atoms with Crippen LogP contribution in [-0.4, -0.2) is 26.5 Å². The van der Waals surface area contributed by atoms with E-state index >= 15 is 0 Å². The average molecular weight is 374 g/mol. The van der Waals surface area contributed by atoms with Gasteiger partial charge < -0.3 is 11.2 Å². The van der Waals surface area contributed by atoms with E-state index in [0.717, 1.165) is 30.7 Å². The number of amides is 1. The molecule has 1 amide bonds. The van der Waals surface area contributed by atoms with Crippen molar-refractivity contribution in [3.05, 3.63) is 41.2 Å². The summed E-state index contributed by atoms with van der Waals surface area (Å²) in [6, 6.07) is 8.43. The molecule has 1 atom stereocenters. The summed E-state index contributed by atoms with van der Waals surface area (Å²) in [4.78, 5) is 12.2. The second-order valence-corrected chi connectivity index (χ2v) is 8.34. The van der Waals surface area contributed by atoms with E-state index in [1.54, 1.807) is 0 Å². The van der Waals surface area contributed by atoms with Crippen LogP contribution in [0, 0.1) is 5.92 Å². The first-order valence-electron chi connectivity index (χ1n) is 9.15. The highest BCUT2D eigenvalue weighted by atomic mass is 32.2. The van der Waals surface area contributed by atoms with Crippen LogP contribution in [0.4, 0.5) is 0 Å². The Kier molecular flexibility index (Phi) is 5.86. The predicted molar refractivity (Wildman–Crippen MR) is 104 cm³/mol. The van der Waals surface area contributed by atoms with Crippen LogP contribution in [0.15, 0.2) is 29.4 Å². The lowest BCUT2D eigenvalue weighted by molar-refractivity contribution is -0.119. The molecule has 140 valence electrons. The van der Waals surface area contributed by atoms with Crippen LogP contribution < -0.4 is 11.2 Å². The molecule has 3 N–H and O–H groups in total. The molecule has 1 heterocycles. The highest BCUT2D eigenvalue weighted by molar-refractivity contribution is 7.99. The minimum atomic E-state index is -0.0373. The lowest BCUT2D eigenvalue weighted by atomic mass is 10.00. The molecule has 0 saturated heterocycles. The lowest BCUT2D eigenvalue weighted by Crippen LogP contribution is -2.28. The summed E-state index contributed by atoms with van der Waals surface area (Å²) < 4.78 is 1.52. The standard InChI is InChI=1S/C19H27N5OS/c1-12(2)10-14-4-6-15(7-5-14)13(3)21-17(25)11-26-19-23-22-18(24(19)20)16-8-9-16/h4-7,12-13,16H,8-11,20H2,1-3H3,(H,21,25)/t13-/m1/s1. The minimum Gasteiger partial charge on any atom is -0.349 e. The van der Waals surface area contributed by atoms with E-state index in [9.17, 15) is 4.79 Å². The van der Waals surface area contributed by atoms with E-state index < -0.39 is 0 Å². The number of rotatable bonds is 8. The smallest absolute Gasteiger partial charge is 0.230 e.